The van der Waals surface area contributed by atoms with Gasteiger partial charge in [0, 0.05) is 18.0 Å². The second-order valence-electron chi connectivity index (χ2n) is 6.84. The molecule has 3 aromatic rings. The monoisotopic (exact) mass is 349 g/mol. The first-order chi connectivity index (χ1) is 12.7. The maximum Gasteiger partial charge on any atom is 0.262 e. The number of nitrogens with zero attached hydrogens (tertiary/aromatic N) is 2. The smallest absolute Gasteiger partial charge is 0.262 e. The first-order valence-corrected chi connectivity index (χ1v) is 9.05. The topological polar surface area (TPSA) is 56.1 Å². The van der Waals surface area contributed by atoms with Gasteiger partial charge in [-0.1, -0.05) is 0 Å². The van der Waals surface area contributed by atoms with Crippen molar-refractivity contribution in [2.24, 2.45) is 0 Å². The van der Waals surface area contributed by atoms with Crippen LogP contribution in [0.5, 0.6) is 5.75 Å². The number of carbonyl (C=O) groups is 1. The molecule has 3 heterocycles. The third-order valence-electron chi connectivity index (χ3n) is 5.23. The highest BCUT2D eigenvalue weighted by Crippen LogP contribution is 2.32. The Kier molecular flexibility index (Phi) is 4.47. The van der Waals surface area contributed by atoms with Crippen LogP contribution in [0, 0.1) is 6.92 Å². The van der Waals surface area contributed by atoms with Crippen molar-refractivity contribution >= 4 is 16.9 Å². The number of benzene rings is 1. The summed E-state index contributed by atoms with van der Waals surface area (Å²) in [6, 6.07) is 9.41. The number of hydrogen-bond acceptors (Lipinski definition) is 4. The summed E-state index contributed by atoms with van der Waals surface area (Å²) < 4.78 is 7.06. The van der Waals surface area contributed by atoms with E-state index in [9.17, 15) is 4.79 Å². The lowest BCUT2D eigenvalue weighted by molar-refractivity contribution is 0.0964. The van der Waals surface area contributed by atoms with Gasteiger partial charge in [-0.3, -0.25) is 14.3 Å². The summed E-state index contributed by atoms with van der Waals surface area (Å²) in [5.41, 5.74) is 4.60. The van der Waals surface area contributed by atoms with Crippen LogP contribution >= 0.6 is 0 Å². The maximum atomic E-state index is 13.2. The number of aromatic nitrogens is 2. The molecule has 0 unspecified atom stereocenters. The van der Waals surface area contributed by atoms with Crippen LogP contribution in [0.25, 0.3) is 11.0 Å². The van der Waals surface area contributed by atoms with Crippen molar-refractivity contribution in [1.82, 2.24) is 14.9 Å². The highest BCUT2D eigenvalue weighted by atomic mass is 16.5. The predicted molar refractivity (Wildman–Crippen MR) is 102 cm³/mol. The summed E-state index contributed by atoms with van der Waals surface area (Å²) in [4.78, 5) is 17.8. The van der Waals surface area contributed by atoms with Gasteiger partial charge in [-0.15, -0.1) is 0 Å². The highest BCUT2D eigenvalue weighted by Gasteiger charge is 2.23. The molecule has 0 saturated carbocycles. The van der Waals surface area contributed by atoms with Gasteiger partial charge in [0.1, 0.15) is 5.75 Å². The Morgan fingerprint density at radius 2 is 2.08 bits per heavy atom. The van der Waals surface area contributed by atoms with E-state index in [1.54, 1.807) is 17.9 Å². The Labute approximate surface area is 153 Å². The summed E-state index contributed by atoms with van der Waals surface area (Å²) in [7, 11) is 1.64. The fourth-order valence-electron chi connectivity index (χ4n) is 3.83. The third-order valence-corrected chi connectivity index (χ3v) is 5.23. The van der Waals surface area contributed by atoms with Gasteiger partial charge in [-0.2, -0.15) is 0 Å². The number of rotatable bonds is 3. The van der Waals surface area contributed by atoms with E-state index in [1.807, 2.05) is 43.5 Å². The van der Waals surface area contributed by atoms with Crippen molar-refractivity contribution in [2.75, 3.05) is 20.2 Å². The predicted octanol–water partition coefficient (Wildman–Crippen LogP) is 3.51. The molecular weight excluding hydrogens is 326 g/mol. The van der Waals surface area contributed by atoms with Crippen LogP contribution in [0.2, 0.25) is 0 Å². The van der Waals surface area contributed by atoms with Crippen molar-refractivity contribution < 1.29 is 9.53 Å². The normalized spacial score (nSPS) is 15.3. The number of methoxy groups -OCH3 is 1. The molecule has 0 radical (unpaired) electrons. The fourth-order valence-corrected chi connectivity index (χ4v) is 3.83. The fraction of sp³-hybridized carbons (Fsp3) is 0.333. The Morgan fingerprint density at radius 1 is 1.27 bits per heavy atom. The minimum absolute atomic E-state index is 0.0334. The molecule has 134 valence electrons. The molecule has 0 aliphatic carbocycles. The minimum Gasteiger partial charge on any atom is -0.496 e. The number of piperidine rings is 1. The van der Waals surface area contributed by atoms with E-state index in [2.05, 4.69) is 10.3 Å². The first kappa shape index (κ1) is 16.8. The molecule has 2 aromatic heterocycles. The zero-order chi connectivity index (χ0) is 18.1. The zero-order valence-corrected chi connectivity index (χ0v) is 15.2. The van der Waals surface area contributed by atoms with Crippen molar-refractivity contribution in [3.63, 3.8) is 0 Å². The largest absolute Gasteiger partial charge is 0.496 e. The van der Waals surface area contributed by atoms with Crippen molar-refractivity contribution in [2.45, 2.75) is 25.7 Å². The second-order valence-corrected chi connectivity index (χ2v) is 6.84. The second kappa shape index (κ2) is 6.92. The standard InChI is InChI=1S/C21H23N3O2/c1-14-12-16(5-6-19(14)26-2)21(25)24-13-17(15-7-10-22-11-8-15)20-18(24)4-3-9-23-20/h3-6,9,12-13,15,22H,7-8,10-11H2,1-2H3. The molecular formula is C21H23N3O2. The Hall–Kier alpha value is -2.66. The van der Waals surface area contributed by atoms with E-state index in [4.69, 9.17) is 4.74 Å². The lowest BCUT2D eigenvalue weighted by atomic mass is 9.91. The van der Waals surface area contributed by atoms with E-state index in [0.717, 1.165) is 48.3 Å². The van der Waals surface area contributed by atoms with E-state index >= 15 is 0 Å². The molecule has 5 heteroatoms. The summed E-state index contributed by atoms with van der Waals surface area (Å²) in [6.45, 7) is 3.97. The lowest BCUT2D eigenvalue weighted by Gasteiger charge is -2.21. The Balaban J connectivity index is 1.78. The van der Waals surface area contributed by atoms with Crippen LogP contribution in [-0.4, -0.2) is 35.7 Å². The quantitative estimate of drug-likeness (QED) is 0.786. The molecule has 1 N–H and O–H groups in total. The van der Waals surface area contributed by atoms with Gasteiger partial charge in [0.2, 0.25) is 0 Å². The first-order valence-electron chi connectivity index (χ1n) is 9.05. The molecule has 26 heavy (non-hydrogen) atoms. The minimum atomic E-state index is -0.0334. The average molecular weight is 349 g/mol. The molecule has 5 nitrogen and oxygen atoms in total. The SMILES string of the molecule is COc1ccc(C(=O)n2cc(C3CCNCC3)c3ncccc32)cc1C. The highest BCUT2D eigenvalue weighted by molar-refractivity contribution is 6.02. The number of nitrogens with one attached hydrogen (secondary N) is 1. The van der Waals surface area contributed by atoms with Crippen LogP contribution in [-0.2, 0) is 0 Å². The molecule has 1 aliphatic rings. The number of hydrogen-bond donors (Lipinski definition) is 1. The summed E-state index contributed by atoms with van der Waals surface area (Å²) in [6.07, 6.45) is 5.95. The van der Waals surface area contributed by atoms with Crippen LogP contribution in [0.3, 0.4) is 0 Å². The molecule has 0 atom stereocenters. The summed E-state index contributed by atoms with van der Waals surface area (Å²) in [5, 5.41) is 3.40. The van der Waals surface area contributed by atoms with Gasteiger partial charge in [0.05, 0.1) is 18.1 Å². The van der Waals surface area contributed by atoms with E-state index in [1.165, 1.54) is 5.56 Å². The average Bonchev–Trinajstić information content (AvgIpc) is 3.08. The van der Waals surface area contributed by atoms with Crippen molar-refractivity contribution in [3.8, 4) is 5.75 Å². The molecule has 4 rings (SSSR count). The molecule has 0 spiro atoms. The van der Waals surface area contributed by atoms with Gasteiger partial charge < -0.3 is 10.1 Å². The number of carbonyl (C=O) groups excluding carboxylic acids is 1. The lowest BCUT2D eigenvalue weighted by Crippen LogP contribution is -2.26. The zero-order valence-electron chi connectivity index (χ0n) is 15.2. The number of fused-ring (bicyclic) bond motifs is 1. The van der Waals surface area contributed by atoms with Crippen LogP contribution < -0.4 is 10.1 Å². The molecule has 1 aromatic carbocycles. The van der Waals surface area contributed by atoms with Crippen molar-refractivity contribution in [3.05, 3.63) is 59.4 Å². The van der Waals surface area contributed by atoms with Gasteiger partial charge in [-0.25, -0.2) is 0 Å². The molecule has 1 fully saturated rings. The Morgan fingerprint density at radius 3 is 2.81 bits per heavy atom. The number of pyridine rings is 1. The van der Waals surface area contributed by atoms with Gasteiger partial charge in [0.15, 0.2) is 0 Å². The maximum absolute atomic E-state index is 13.2. The molecule has 1 aliphatic heterocycles. The van der Waals surface area contributed by atoms with E-state index in [-0.39, 0.29) is 5.91 Å². The van der Waals surface area contributed by atoms with Gasteiger partial charge in [0.25, 0.3) is 5.91 Å². The van der Waals surface area contributed by atoms with Crippen LogP contribution in [0.15, 0.2) is 42.7 Å². The third kappa shape index (κ3) is 2.88. The van der Waals surface area contributed by atoms with Crippen molar-refractivity contribution in [1.29, 1.82) is 0 Å². The molecule has 0 amide bonds. The van der Waals surface area contributed by atoms with E-state index in [0.29, 0.717) is 11.5 Å². The van der Waals surface area contributed by atoms with Gasteiger partial charge in [-0.05, 0) is 80.2 Å². The summed E-state index contributed by atoms with van der Waals surface area (Å²) >= 11 is 0. The van der Waals surface area contributed by atoms with Crippen LogP contribution in [0.4, 0.5) is 0 Å². The summed E-state index contributed by atoms with van der Waals surface area (Å²) in [5.74, 6) is 1.20. The molecule has 1 saturated heterocycles. The Bertz CT molecular complexity index is 955. The number of aryl methyl sites for hydroxylation is 1. The molecule has 0 bridgehead atoms. The van der Waals surface area contributed by atoms with E-state index < -0.39 is 0 Å². The number of ether oxygens (including phenoxy) is 1. The van der Waals surface area contributed by atoms with Crippen LogP contribution in [0.1, 0.15) is 40.2 Å². The van der Waals surface area contributed by atoms with Gasteiger partial charge >= 0.3 is 0 Å².